The second-order valence-electron chi connectivity index (χ2n) is 6.92. The number of para-hydroxylation sites is 1. The summed E-state index contributed by atoms with van der Waals surface area (Å²) in [5.74, 6) is 0.579. The molecule has 0 aliphatic carbocycles. The number of sulfonamides is 1. The molecule has 148 valence electrons. The highest BCUT2D eigenvalue weighted by molar-refractivity contribution is 7.95. The van der Waals surface area contributed by atoms with Crippen LogP contribution in [0.3, 0.4) is 0 Å². The summed E-state index contributed by atoms with van der Waals surface area (Å²) in [6.07, 6.45) is 1.42. The minimum atomic E-state index is -3.73. The van der Waals surface area contributed by atoms with Crippen molar-refractivity contribution < 1.29 is 13.3 Å². The number of aromatic amines is 1. The molecule has 2 aromatic heterocycles. The number of piperidine rings is 1. The molecule has 3 aromatic rings. The minimum Gasteiger partial charge on any atom is -0.593 e. The van der Waals surface area contributed by atoms with Crippen molar-refractivity contribution in [3.63, 3.8) is 0 Å². The normalized spacial score (nSPS) is 20.2. The van der Waals surface area contributed by atoms with Gasteiger partial charge in [-0.05, 0) is 31.9 Å². The number of aryl methyl sites for hydroxylation is 2. The molecule has 10 heteroatoms. The first-order valence-corrected chi connectivity index (χ1v) is 10.5. The average molecular weight is 403 g/mol. The molecule has 0 amide bonds. The van der Waals surface area contributed by atoms with Crippen LogP contribution < -0.4 is 5.69 Å². The van der Waals surface area contributed by atoms with E-state index in [1.54, 1.807) is 26.0 Å². The summed E-state index contributed by atoms with van der Waals surface area (Å²) in [5, 5.41) is 8.17. The highest BCUT2D eigenvalue weighted by Crippen LogP contribution is 2.33. The maximum absolute atomic E-state index is 13.1. The summed E-state index contributed by atoms with van der Waals surface area (Å²) in [7, 11) is -3.73. The minimum absolute atomic E-state index is 0.122. The van der Waals surface area contributed by atoms with Crippen LogP contribution in [-0.2, 0) is 14.6 Å². The van der Waals surface area contributed by atoms with Crippen molar-refractivity contribution in [1.29, 1.82) is 0 Å². The van der Waals surface area contributed by atoms with E-state index in [0.717, 1.165) is 6.42 Å². The average Bonchev–Trinajstić information content (AvgIpc) is 3.25. The fraction of sp³-hybridized carbons (Fsp3) is 0.389. The highest BCUT2D eigenvalue weighted by atomic mass is 32.3. The van der Waals surface area contributed by atoms with E-state index < -0.39 is 10.4 Å². The van der Waals surface area contributed by atoms with Gasteiger partial charge in [0.2, 0.25) is 4.90 Å². The lowest BCUT2D eigenvalue weighted by molar-refractivity contribution is 0.282. The van der Waals surface area contributed by atoms with Gasteiger partial charge < -0.3 is 9.08 Å². The Hall–Kier alpha value is -2.56. The topological polar surface area (TPSA) is 120 Å². The molecule has 1 N–H and O–H groups in total. The SMILES string of the molecule is Cc1noc(C)c1[S+](=O)([O-])N1CCCC(c2nn(-c3ccccc3)c(=O)[nH]2)C1. The summed E-state index contributed by atoms with van der Waals surface area (Å²) in [6.45, 7) is 3.86. The lowest BCUT2D eigenvalue weighted by atomic mass is 9.99. The maximum atomic E-state index is 13.1. The molecule has 0 saturated carbocycles. The lowest BCUT2D eigenvalue weighted by Crippen LogP contribution is -2.43. The van der Waals surface area contributed by atoms with Gasteiger partial charge in [0.05, 0.1) is 12.2 Å². The van der Waals surface area contributed by atoms with Crippen LogP contribution in [0.25, 0.3) is 5.69 Å². The van der Waals surface area contributed by atoms with Gasteiger partial charge in [0.1, 0.15) is 11.5 Å². The predicted octanol–water partition coefficient (Wildman–Crippen LogP) is 1.95. The smallest absolute Gasteiger partial charge is 0.348 e. The number of nitrogens with zero attached hydrogens (tertiary/aromatic N) is 4. The molecule has 1 aliphatic rings. The monoisotopic (exact) mass is 403 g/mol. The van der Waals surface area contributed by atoms with Crippen molar-refractivity contribution in [2.75, 3.05) is 13.1 Å². The molecule has 1 fully saturated rings. The Morgan fingerprint density at radius 3 is 2.71 bits per heavy atom. The second-order valence-corrected chi connectivity index (χ2v) is 8.79. The molecule has 1 aromatic carbocycles. The van der Waals surface area contributed by atoms with Crippen LogP contribution in [0.4, 0.5) is 0 Å². The largest absolute Gasteiger partial charge is 0.593 e. The van der Waals surface area contributed by atoms with Crippen molar-refractivity contribution in [2.24, 2.45) is 0 Å². The summed E-state index contributed by atoms with van der Waals surface area (Å²) >= 11 is 0. The van der Waals surface area contributed by atoms with Crippen molar-refractivity contribution in [3.05, 3.63) is 58.1 Å². The fourth-order valence-electron chi connectivity index (χ4n) is 3.62. The van der Waals surface area contributed by atoms with Gasteiger partial charge in [-0.3, -0.25) is 4.98 Å². The molecule has 2 unspecified atom stereocenters. The molecule has 1 aliphatic heterocycles. The molecule has 0 spiro atoms. The van der Waals surface area contributed by atoms with Gasteiger partial charge >= 0.3 is 5.69 Å². The van der Waals surface area contributed by atoms with Crippen LogP contribution in [0.1, 0.15) is 36.0 Å². The van der Waals surface area contributed by atoms with Crippen LogP contribution in [0.15, 0.2) is 44.5 Å². The van der Waals surface area contributed by atoms with Gasteiger partial charge in [0, 0.05) is 19.4 Å². The molecule has 1 saturated heterocycles. The Bertz CT molecular complexity index is 1070. The van der Waals surface area contributed by atoms with Gasteiger partial charge in [0.15, 0.2) is 16.2 Å². The zero-order chi connectivity index (χ0) is 19.9. The van der Waals surface area contributed by atoms with Crippen molar-refractivity contribution in [3.8, 4) is 5.69 Å². The fourth-order valence-corrected chi connectivity index (χ4v) is 5.44. The highest BCUT2D eigenvalue weighted by Gasteiger charge is 2.40. The van der Waals surface area contributed by atoms with E-state index >= 15 is 0 Å². The van der Waals surface area contributed by atoms with E-state index in [2.05, 4.69) is 15.2 Å². The zero-order valence-electron chi connectivity index (χ0n) is 15.6. The van der Waals surface area contributed by atoms with Crippen molar-refractivity contribution in [1.82, 2.24) is 24.2 Å². The number of hydrogen-bond donors (Lipinski definition) is 1. The van der Waals surface area contributed by atoms with E-state index in [1.165, 1.54) is 8.99 Å². The number of H-pyrrole nitrogens is 1. The van der Waals surface area contributed by atoms with E-state index in [4.69, 9.17) is 4.52 Å². The van der Waals surface area contributed by atoms with Crippen molar-refractivity contribution >= 4 is 10.4 Å². The number of benzene rings is 1. The molecule has 9 nitrogen and oxygen atoms in total. The van der Waals surface area contributed by atoms with Crippen LogP contribution in [0.5, 0.6) is 0 Å². The summed E-state index contributed by atoms with van der Waals surface area (Å²) in [6, 6.07) is 9.10. The molecule has 28 heavy (non-hydrogen) atoms. The molecular formula is C18H21N5O4S. The zero-order valence-corrected chi connectivity index (χ0v) is 16.4. The molecule has 3 heterocycles. The first-order chi connectivity index (χ1) is 13.4. The predicted molar refractivity (Wildman–Crippen MR) is 101 cm³/mol. The molecule has 2 atom stereocenters. The third-order valence-corrected chi connectivity index (χ3v) is 7.08. The van der Waals surface area contributed by atoms with Crippen LogP contribution in [-0.4, -0.2) is 41.9 Å². The summed E-state index contributed by atoms with van der Waals surface area (Å²) in [4.78, 5) is 15.2. The van der Waals surface area contributed by atoms with Crippen LogP contribution in [0, 0.1) is 13.8 Å². The van der Waals surface area contributed by atoms with E-state index in [1.807, 2.05) is 18.2 Å². The van der Waals surface area contributed by atoms with E-state index in [-0.39, 0.29) is 28.8 Å². The van der Waals surface area contributed by atoms with Gasteiger partial charge in [-0.1, -0.05) is 27.6 Å². The van der Waals surface area contributed by atoms with Gasteiger partial charge in [-0.2, -0.15) is 4.68 Å². The Morgan fingerprint density at radius 2 is 2.04 bits per heavy atom. The van der Waals surface area contributed by atoms with Crippen LogP contribution in [0.2, 0.25) is 0 Å². The third kappa shape index (κ3) is 3.23. The summed E-state index contributed by atoms with van der Waals surface area (Å²) in [5.41, 5.74) is 0.666. The standard InChI is InChI=1S/C18H21N5O4S/c1-12-16(13(2)27-21-12)28(25,26)22-10-6-7-14(11-22)17-19-18(24)23(20-17)15-8-4-3-5-9-15/h3-5,8-9,14H,6-7,10-11H2,1-2H3,(H-,19,20,24,25,26). The third-order valence-electron chi connectivity index (χ3n) is 4.97. The lowest BCUT2D eigenvalue weighted by Gasteiger charge is -2.33. The molecule has 4 rings (SSSR count). The molecular weight excluding hydrogens is 382 g/mol. The maximum Gasteiger partial charge on any atom is 0.348 e. The summed E-state index contributed by atoms with van der Waals surface area (Å²) < 4.78 is 33.9. The first kappa shape index (κ1) is 18.8. The van der Waals surface area contributed by atoms with E-state index in [0.29, 0.717) is 30.2 Å². The first-order valence-electron chi connectivity index (χ1n) is 9.05. The van der Waals surface area contributed by atoms with Crippen molar-refractivity contribution in [2.45, 2.75) is 37.5 Å². The molecule has 0 bridgehead atoms. The van der Waals surface area contributed by atoms with Gasteiger partial charge in [-0.25, -0.2) is 4.79 Å². The van der Waals surface area contributed by atoms with Gasteiger partial charge in [-0.15, -0.1) is 9.40 Å². The van der Waals surface area contributed by atoms with Gasteiger partial charge in [0.25, 0.3) is 0 Å². The molecule has 0 radical (unpaired) electrons. The van der Waals surface area contributed by atoms with E-state index in [9.17, 15) is 13.6 Å². The number of hydrogen-bond acceptors (Lipinski definition) is 6. The van der Waals surface area contributed by atoms with Crippen LogP contribution >= 0.6 is 0 Å². The Kier molecular flexibility index (Phi) is 4.77. The quantitative estimate of drug-likeness (QED) is 0.665. The second kappa shape index (κ2) is 7.12. The number of rotatable bonds is 4. The Labute approximate surface area is 162 Å². The Morgan fingerprint density at radius 1 is 1.29 bits per heavy atom. The number of nitrogens with one attached hydrogen (secondary N) is 1. The number of aromatic nitrogens is 4. The Balaban J connectivity index is 1.62.